The molecule has 168 valence electrons. The van der Waals surface area contributed by atoms with Gasteiger partial charge in [-0.15, -0.1) is 0 Å². The Balaban J connectivity index is 1.50. The van der Waals surface area contributed by atoms with Gasteiger partial charge in [-0.3, -0.25) is 14.5 Å². The Bertz CT molecular complexity index is 1240. The molecule has 3 aromatic carbocycles. The number of rotatable bonds is 6. The molecule has 1 aliphatic rings. The molecular formula is C24H15BrCl3NO3S. The van der Waals surface area contributed by atoms with Crippen molar-refractivity contribution in [3.05, 3.63) is 102 Å². The lowest BCUT2D eigenvalue weighted by atomic mass is 10.2. The topological polar surface area (TPSA) is 46.6 Å². The van der Waals surface area contributed by atoms with E-state index in [2.05, 4.69) is 15.9 Å². The molecule has 0 bridgehead atoms. The molecule has 0 spiro atoms. The molecule has 0 aromatic heterocycles. The SMILES string of the molecule is O=C1S/C(=C\c2cc(Cl)c(OCc3ccccc3Cl)c(Br)c2)C(=O)N1Cc1ccc(Cl)cc1. The van der Waals surface area contributed by atoms with E-state index in [9.17, 15) is 9.59 Å². The zero-order valence-electron chi connectivity index (χ0n) is 16.9. The van der Waals surface area contributed by atoms with Crippen LogP contribution in [0, 0.1) is 0 Å². The van der Waals surface area contributed by atoms with Crippen molar-refractivity contribution in [2.45, 2.75) is 13.2 Å². The van der Waals surface area contributed by atoms with Crippen LogP contribution in [-0.4, -0.2) is 16.0 Å². The van der Waals surface area contributed by atoms with Crippen LogP contribution in [0.3, 0.4) is 0 Å². The average molecular weight is 584 g/mol. The smallest absolute Gasteiger partial charge is 0.293 e. The number of amides is 2. The first-order chi connectivity index (χ1) is 15.8. The van der Waals surface area contributed by atoms with Crippen LogP contribution in [0.1, 0.15) is 16.7 Å². The Morgan fingerprint density at radius 3 is 2.39 bits per heavy atom. The van der Waals surface area contributed by atoms with Gasteiger partial charge in [0, 0.05) is 15.6 Å². The molecule has 4 rings (SSSR count). The van der Waals surface area contributed by atoms with Gasteiger partial charge in [-0.2, -0.15) is 0 Å². The highest BCUT2D eigenvalue weighted by Crippen LogP contribution is 2.38. The predicted octanol–water partition coefficient (Wildman–Crippen LogP) is 8.22. The van der Waals surface area contributed by atoms with E-state index in [0.29, 0.717) is 35.8 Å². The fourth-order valence-corrected chi connectivity index (χ4v) is 5.27. The molecule has 1 heterocycles. The van der Waals surface area contributed by atoms with Gasteiger partial charge in [-0.25, -0.2) is 0 Å². The van der Waals surface area contributed by atoms with E-state index in [4.69, 9.17) is 39.5 Å². The van der Waals surface area contributed by atoms with Gasteiger partial charge in [0.25, 0.3) is 11.1 Å². The van der Waals surface area contributed by atoms with Gasteiger partial charge in [-0.1, -0.05) is 65.1 Å². The van der Waals surface area contributed by atoms with E-state index in [1.165, 1.54) is 4.90 Å². The summed E-state index contributed by atoms with van der Waals surface area (Å²) in [5.74, 6) is 0.107. The lowest BCUT2D eigenvalue weighted by Crippen LogP contribution is -2.27. The summed E-state index contributed by atoms with van der Waals surface area (Å²) in [5, 5.41) is 1.24. The highest BCUT2D eigenvalue weighted by molar-refractivity contribution is 9.10. The number of hydrogen-bond acceptors (Lipinski definition) is 4. The van der Waals surface area contributed by atoms with Crippen LogP contribution in [-0.2, 0) is 17.9 Å². The van der Waals surface area contributed by atoms with Crippen LogP contribution in [0.2, 0.25) is 15.1 Å². The summed E-state index contributed by atoms with van der Waals surface area (Å²) in [5.41, 5.74) is 2.31. The largest absolute Gasteiger partial charge is 0.486 e. The molecule has 0 radical (unpaired) electrons. The molecule has 0 atom stereocenters. The summed E-state index contributed by atoms with van der Waals surface area (Å²) in [6, 6.07) is 17.9. The first-order valence-corrected chi connectivity index (χ1v) is 12.4. The molecular weight excluding hydrogens is 569 g/mol. The van der Waals surface area contributed by atoms with E-state index in [-0.39, 0.29) is 24.3 Å². The zero-order chi connectivity index (χ0) is 23.5. The van der Waals surface area contributed by atoms with Crippen molar-refractivity contribution in [1.82, 2.24) is 4.90 Å². The first kappa shape index (κ1) is 24.2. The second-order valence-corrected chi connectivity index (χ2v) is 10.2. The number of thioether (sulfide) groups is 1. The molecule has 1 aliphatic heterocycles. The van der Waals surface area contributed by atoms with E-state index in [0.717, 1.165) is 22.9 Å². The first-order valence-electron chi connectivity index (χ1n) is 9.67. The average Bonchev–Trinajstić information content (AvgIpc) is 3.03. The zero-order valence-corrected chi connectivity index (χ0v) is 21.5. The maximum atomic E-state index is 12.8. The van der Waals surface area contributed by atoms with Crippen LogP contribution in [0.25, 0.3) is 6.08 Å². The molecule has 0 N–H and O–H groups in total. The molecule has 4 nitrogen and oxygen atoms in total. The van der Waals surface area contributed by atoms with Crippen LogP contribution in [0.15, 0.2) is 70.0 Å². The molecule has 0 saturated carbocycles. The lowest BCUT2D eigenvalue weighted by molar-refractivity contribution is -0.123. The molecule has 9 heteroatoms. The minimum Gasteiger partial charge on any atom is -0.486 e. The number of carbonyl (C=O) groups is 2. The van der Waals surface area contributed by atoms with Crippen LogP contribution in [0.4, 0.5) is 4.79 Å². The van der Waals surface area contributed by atoms with Crippen molar-refractivity contribution >= 4 is 79.7 Å². The number of ether oxygens (including phenoxy) is 1. The van der Waals surface area contributed by atoms with Crippen LogP contribution >= 0.6 is 62.5 Å². The molecule has 0 unspecified atom stereocenters. The maximum absolute atomic E-state index is 12.8. The van der Waals surface area contributed by atoms with E-state index >= 15 is 0 Å². The summed E-state index contributed by atoms with van der Waals surface area (Å²) >= 11 is 22.9. The van der Waals surface area contributed by atoms with Crippen molar-refractivity contribution in [3.63, 3.8) is 0 Å². The molecule has 0 aliphatic carbocycles. The Hall–Kier alpha value is -1.96. The number of imide groups is 1. The highest BCUT2D eigenvalue weighted by Gasteiger charge is 2.35. The Labute approximate surface area is 218 Å². The fourth-order valence-electron chi connectivity index (χ4n) is 3.13. The lowest BCUT2D eigenvalue weighted by Gasteiger charge is -2.13. The van der Waals surface area contributed by atoms with Gasteiger partial charge in [0.1, 0.15) is 6.61 Å². The molecule has 1 fully saturated rings. The minimum atomic E-state index is -0.355. The summed E-state index contributed by atoms with van der Waals surface area (Å²) < 4.78 is 6.48. The van der Waals surface area contributed by atoms with Crippen molar-refractivity contribution < 1.29 is 14.3 Å². The normalized spacial score (nSPS) is 14.9. The second kappa shape index (κ2) is 10.5. The number of benzene rings is 3. The standard InChI is InChI=1S/C24H15BrCl3NO3S/c25-18-9-15(10-20(28)22(18)32-13-16-3-1-2-4-19(16)27)11-21-23(30)29(24(31)33-21)12-14-5-7-17(26)8-6-14/h1-11H,12-13H2/b21-11-. The Morgan fingerprint density at radius 2 is 1.70 bits per heavy atom. The summed E-state index contributed by atoms with van der Waals surface area (Å²) in [7, 11) is 0. The van der Waals surface area contributed by atoms with Gasteiger partial charge in [0.15, 0.2) is 5.75 Å². The van der Waals surface area contributed by atoms with Gasteiger partial charge < -0.3 is 4.74 Å². The molecule has 2 amide bonds. The van der Waals surface area contributed by atoms with Gasteiger partial charge in [0.2, 0.25) is 0 Å². The summed E-state index contributed by atoms with van der Waals surface area (Å²) in [6.45, 7) is 0.430. The predicted molar refractivity (Wildman–Crippen MR) is 138 cm³/mol. The van der Waals surface area contributed by atoms with Crippen LogP contribution in [0.5, 0.6) is 5.75 Å². The number of nitrogens with zero attached hydrogens (tertiary/aromatic N) is 1. The summed E-state index contributed by atoms with van der Waals surface area (Å²) in [6.07, 6.45) is 1.64. The van der Waals surface area contributed by atoms with Crippen LogP contribution < -0.4 is 4.74 Å². The summed E-state index contributed by atoms with van der Waals surface area (Å²) in [4.78, 5) is 26.8. The third-order valence-corrected chi connectivity index (χ3v) is 7.17. The van der Waals surface area contributed by atoms with Crippen molar-refractivity contribution in [1.29, 1.82) is 0 Å². The minimum absolute atomic E-state index is 0.179. The third kappa shape index (κ3) is 5.76. The maximum Gasteiger partial charge on any atom is 0.293 e. The monoisotopic (exact) mass is 581 g/mol. The van der Waals surface area contributed by atoms with Crippen molar-refractivity contribution in [2.24, 2.45) is 0 Å². The second-order valence-electron chi connectivity index (χ2n) is 7.09. The van der Waals surface area contributed by atoms with Crippen molar-refractivity contribution in [3.8, 4) is 5.75 Å². The van der Waals surface area contributed by atoms with Crippen molar-refractivity contribution in [2.75, 3.05) is 0 Å². The van der Waals surface area contributed by atoms with E-state index < -0.39 is 0 Å². The number of halogens is 4. The molecule has 3 aromatic rings. The third-order valence-electron chi connectivity index (χ3n) is 4.78. The van der Waals surface area contributed by atoms with E-state index in [1.807, 2.05) is 18.2 Å². The van der Waals surface area contributed by atoms with Gasteiger partial charge >= 0.3 is 0 Å². The fraction of sp³-hybridized carbons (Fsp3) is 0.0833. The Kier molecular flexibility index (Phi) is 7.72. The van der Waals surface area contributed by atoms with E-state index in [1.54, 1.807) is 48.5 Å². The highest BCUT2D eigenvalue weighted by atomic mass is 79.9. The van der Waals surface area contributed by atoms with Gasteiger partial charge in [-0.05, 0) is 75.2 Å². The molecule has 1 saturated heterocycles. The number of hydrogen-bond donors (Lipinski definition) is 0. The Morgan fingerprint density at radius 1 is 0.970 bits per heavy atom. The van der Waals surface area contributed by atoms with Gasteiger partial charge in [0.05, 0.1) is 20.9 Å². The quantitative estimate of drug-likeness (QED) is 0.274. The molecule has 33 heavy (non-hydrogen) atoms. The number of carbonyl (C=O) groups excluding carboxylic acids is 2.